The van der Waals surface area contributed by atoms with Gasteiger partial charge in [0.2, 0.25) is 11.8 Å². The highest BCUT2D eigenvalue weighted by Crippen LogP contribution is 2.18. The second kappa shape index (κ2) is 8.16. The first-order valence-electron chi connectivity index (χ1n) is 7.73. The molecule has 2 N–H and O–H groups in total. The molecule has 2 amide bonds. The summed E-state index contributed by atoms with van der Waals surface area (Å²) in [5.74, 6) is -2.49. The van der Waals surface area contributed by atoms with Crippen LogP contribution < -0.4 is 5.32 Å². The van der Waals surface area contributed by atoms with E-state index in [0.717, 1.165) is 6.07 Å². The molecule has 1 fully saturated rings. The quantitative estimate of drug-likeness (QED) is 0.770. The maximum absolute atomic E-state index is 13.9. The van der Waals surface area contributed by atoms with E-state index in [-0.39, 0.29) is 43.5 Å². The summed E-state index contributed by atoms with van der Waals surface area (Å²) in [4.78, 5) is 27.3. The lowest BCUT2D eigenvalue weighted by molar-refractivity contribution is -0.138. The van der Waals surface area contributed by atoms with E-state index in [4.69, 9.17) is 5.11 Å². The molecule has 0 aliphatic carbocycles. The van der Waals surface area contributed by atoms with Crippen molar-refractivity contribution >= 4 is 11.8 Å². The summed E-state index contributed by atoms with van der Waals surface area (Å²) in [7, 11) is 1.54. The van der Waals surface area contributed by atoms with E-state index in [1.165, 1.54) is 24.1 Å². The Morgan fingerprint density at radius 1 is 1.46 bits per heavy atom. The van der Waals surface area contributed by atoms with Gasteiger partial charge in [0.15, 0.2) is 11.6 Å². The minimum atomic E-state index is -0.940. The van der Waals surface area contributed by atoms with Gasteiger partial charge in [0.05, 0.1) is 19.1 Å². The van der Waals surface area contributed by atoms with Gasteiger partial charge >= 0.3 is 0 Å². The molecule has 0 saturated carbocycles. The maximum Gasteiger partial charge on any atom is 0.237 e. The van der Waals surface area contributed by atoms with Crippen molar-refractivity contribution < 1.29 is 23.5 Å². The van der Waals surface area contributed by atoms with Crippen LogP contribution in [0.2, 0.25) is 0 Å². The fourth-order valence-corrected chi connectivity index (χ4v) is 2.66. The van der Waals surface area contributed by atoms with Gasteiger partial charge in [-0.2, -0.15) is 0 Å². The Hall–Kier alpha value is -2.06. The van der Waals surface area contributed by atoms with Gasteiger partial charge in [0.25, 0.3) is 0 Å². The van der Waals surface area contributed by atoms with Crippen LogP contribution in [-0.2, 0) is 16.1 Å². The van der Waals surface area contributed by atoms with Gasteiger partial charge in [-0.1, -0.05) is 12.1 Å². The SMILES string of the molecule is CN(CCO)C(=O)CC1C(=O)NCCN1Cc1cccc(F)c1F. The van der Waals surface area contributed by atoms with E-state index in [1.807, 2.05) is 0 Å². The minimum Gasteiger partial charge on any atom is -0.395 e. The van der Waals surface area contributed by atoms with Crippen molar-refractivity contribution in [3.8, 4) is 0 Å². The third-order valence-corrected chi connectivity index (χ3v) is 4.08. The topological polar surface area (TPSA) is 72.9 Å². The Balaban J connectivity index is 2.12. The number of hydrogen-bond acceptors (Lipinski definition) is 4. The molecule has 1 atom stereocenters. The van der Waals surface area contributed by atoms with Gasteiger partial charge in [-0.3, -0.25) is 14.5 Å². The lowest BCUT2D eigenvalue weighted by Crippen LogP contribution is -2.56. The maximum atomic E-state index is 13.9. The summed E-state index contributed by atoms with van der Waals surface area (Å²) in [5.41, 5.74) is 0.144. The first kappa shape index (κ1) is 18.3. The molecule has 24 heavy (non-hydrogen) atoms. The average Bonchev–Trinajstić information content (AvgIpc) is 2.55. The Morgan fingerprint density at radius 3 is 2.92 bits per heavy atom. The normalized spacial score (nSPS) is 18.3. The van der Waals surface area contributed by atoms with Gasteiger partial charge < -0.3 is 15.3 Å². The predicted octanol–water partition coefficient (Wildman–Crippen LogP) is 0.106. The molecule has 6 nitrogen and oxygen atoms in total. The number of likely N-dealkylation sites (N-methyl/N-ethyl adjacent to an activating group) is 1. The lowest BCUT2D eigenvalue weighted by Gasteiger charge is -2.35. The first-order chi connectivity index (χ1) is 11.4. The van der Waals surface area contributed by atoms with Crippen molar-refractivity contribution in [2.45, 2.75) is 19.0 Å². The average molecular weight is 341 g/mol. The van der Waals surface area contributed by atoms with E-state index in [1.54, 1.807) is 4.90 Å². The van der Waals surface area contributed by atoms with Crippen LogP contribution in [0.1, 0.15) is 12.0 Å². The Kier molecular flexibility index (Phi) is 6.22. The number of nitrogens with zero attached hydrogens (tertiary/aromatic N) is 2. The molecule has 8 heteroatoms. The molecule has 1 heterocycles. The molecule has 0 radical (unpaired) electrons. The van der Waals surface area contributed by atoms with Crippen LogP contribution >= 0.6 is 0 Å². The molecule has 1 aromatic carbocycles. The summed E-state index contributed by atoms with van der Waals surface area (Å²) in [5, 5.41) is 11.6. The number of aliphatic hydroxyl groups excluding tert-OH is 1. The monoisotopic (exact) mass is 341 g/mol. The molecule has 0 bridgehead atoms. The summed E-state index contributed by atoms with van der Waals surface area (Å²) in [6.45, 7) is 0.859. The van der Waals surface area contributed by atoms with Crippen LogP contribution in [0.15, 0.2) is 18.2 Å². The van der Waals surface area contributed by atoms with Crippen molar-refractivity contribution in [3.63, 3.8) is 0 Å². The van der Waals surface area contributed by atoms with Crippen molar-refractivity contribution in [2.24, 2.45) is 0 Å². The van der Waals surface area contributed by atoms with Crippen LogP contribution in [0.3, 0.4) is 0 Å². The standard InChI is InChI=1S/C16H21F2N3O3/c1-20(7-8-22)14(23)9-13-16(24)19-5-6-21(13)10-11-3-2-4-12(17)15(11)18/h2-4,13,22H,5-10H2,1H3,(H,19,24). The van der Waals surface area contributed by atoms with Crippen LogP contribution in [0.5, 0.6) is 0 Å². The molecule has 1 saturated heterocycles. The van der Waals surface area contributed by atoms with Crippen LogP contribution in [0, 0.1) is 11.6 Å². The highest BCUT2D eigenvalue weighted by molar-refractivity contribution is 5.88. The van der Waals surface area contributed by atoms with Gasteiger partial charge in [-0.15, -0.1) is 0 Å². The van der Waals surface area contributed by atoms with Crippen molar-refractivity contribution in [1.82, 2.24) is 15.1 Å². The Bertz CT molecular complexity index is 612. The Labute approximate surface area is 139 Å². The molecule has 0 spiro atoms. The molecule has 2 rings (SSSR count). The number of amides is 2. The zero-order valence-electron chi connectivity index (χ0n) is 13.5. The molecule has 1 aliphatic rings. The second-order valence-electron chi connectivity index (χ2n) is 5.73. The third-order valence-electron chi connectivity index (χ3n) is 4.08. The predicted molar refractivity (Wildman–Crippen MR) is 82.9 cm³/mol. The van der Waals surface area contributed by atoms with Crippen molar-refractivity contribution in [2.75, 3.05) is 33.3 Å². The number of rotatable bonds is 6. The Morgan fingerprint density at radius 2 is 2.21 bits per heavy atom. The number of piperazine rings is 1. The van der Waals surface area contributed by atoms with E-state index in [0.29, 0.717) is 13.1 Å². The number of nitrogens with one attached hydrogen (secondary N) is 1. The summed E-state index contributed by atoms with van der Waals surface area (Å²) in [6.07, 6.45) is -0.0841. The zero-order chi connectivity index (χ0) is 17.7. The molecule has 132 valence electrons. The summed E-state index contributed by atoms with van der Waals surface area (Å²) < 4.78 is 27.2. The fourth-order valence-electron chi connectivity index (χ4n) is 2.66. The summed E-state index contributed by atoms with van der Waals surface area (Å²) >= 11 is 0. The number of hydrogen-bond donors (Lipinski definition) is 2. The number of carbonyl (C=O) groups excluding carboxylic acids is 2. The van der Waals surface area contributed by atoms with Crippen LogP contribution in [0.4, 0.5) is 8.78 Å². The molecule has 1 aliphatic heterocycles. The highest BCUT2D eigenvalue weighted by Gasteiger charge is 2.32. The number of halogens is 2. The fraction of sp³-hybridized carbons (Fsp3) is 0.500. The smallest absolute Gasteiger partial charge is 0.237 e. The zero-order valence-corrected chi connectivity index (χ0v) is 13.5. The highest BCUT2D eigenvalue weighted by atomic mass is 19.2. The second-order valence-corrected chi connectivity index (χ2v) is 5.73. The van der Waals surface area contributed by atoms with E-state index in [2.05, 4.69) is 5.32 Å². The first-order valence-corrected chi connectivity index (χ1v) is 7.73. The van der Waals surface area contributed by atoms with Gasteiger partial charge in [0, 0.05) is 38.8 Å². The lowest BCUT2D eigenvalue weighted by atomic mass is 10.1. The number of aliphatic hydroxyl groups is 1. The van der Waals surface area contributed by atoms with Crippen LogP contribution in [0.25, 0.3) is 0 Å². The van der Waals surface area contributed by atoms with Gasteiger partial charge in [-0.05, 0) is 6.07 Å². The van der Waals surface area contributed by atoms with Gasteiger partial charge in [0.1, 0.15) is 0 Å². The number of carbonyl (C=O) groups is 2. The molecule has 1 aromatic rings. The van der Waals surface area contributed by atoms with E-state index >= 15 is 0 Å². The largest absolute Gasteiger partial charge is 0.395 e. The molecule has 1 unspecified atom stereocenters. The van der Waals surface area contributed by atoms with E-state index < -0.39 is 17.7 Å². The molecular formula is C16H21F2N3O3. The minimum absolute atomic E-state index is 0.0404. The van der Waals surface area contributed by atoms with Crippen molar-refractivity contribution in [1.29, 1.82) is 0 Å². The van der Waals surface area contributed by atoms with Crippen molar-refractivity contribution in [3.05, 3.63) is 35.4 Å². The summed E-state index contributed by atoms with van der Waals surface area (Å²) in [6, 6.07) is 3.15. The number of benzene rings is 1. The van der Waals surface area contributed by atoms with Gasteiger partial charge in [-0.25, -0.2) is 8.78 Å². The van der Waals surface area contributed by atoms with Crippen LogP contribution in [-0.4, -0.2) is 66.1 Å². The molecular weight excluding hydrogens is 320 g/mol. The third kappa shape index (κ3) is 4.27. The molecule has 0 aromatic heterocycles. The van der Waals surface area contributed by atoms with E-state index in [9.17, 15) is 18.4 Å².